The van der Waals surface area contributed by atoms with Crippen molar-refractivity contribution in [3.8, 4) is 5.75 Å². The van der Waals surface area contributed by atoms with Crippen molar-refractivity contribution in [2.45, 2.75) is 0 Å². The number of para-hydroxylation sites is 1. The van der Waals surface area contributed by atoms with Gasteiger partial charge < -0.3 is 0 Å². The van der Waals surface area contributed by atoms with Crippen LogP contribution in [0.4, 0.5) is 0 Å². The van der Waals surface area contributed by atoms with Crippen molar-refractivity contribution in [3.05, 3.63) is 30.3 Å². The second kappa shape index (κ2) is 3.41. The van der Waals surface area contributed by atoms with Crippen LogP contribution in [0.25, 0.3) is 0 Å². The molecule has 8 heavy (non-hydrogen) atoms. The van der Waals surface area contributed by atoms with Gasteiger partial charge in [0, 0.05) is 0 Å². The molecule has 0 radical (unpaired) electrons. The van der Waals surface area contributed by atoms with E-state index in [1.54, 1.807) is 0 Å². The summed E-state index contributed by atoms with van der Waals surface area (Å²) in [6, 6.07) is 9.81. The fraction of sp³-hybridized carbons (Fsp3) is 0. The quantitative estimate of drug-likeness (QED) is 0.720. The molecule has 0 aliphatic rings. The molecule has 0 unspecified atom stereocenters. The van der Waals surface area contributed by atoms with E-state index in [0.717, 1.165) is 45.1 Å². The topological polar surface area (TPSA) is 9.23 Å². The fourth-order valence-electron chi connectivity index (χ4n) is 0.489. The summed E-state index contributed by atoms with van der Waals surface area (Å²) in [6.07, 6.45) is 0. The van der Waals surface area contributed by atoms with Crippen LogP contribution in [0.15, 0.2) is 30.3 Å². The molecular formula is C6H5NdO. The average Bonchev–Trinajstić information content (AvgIpc) is 1.90. The third kappa shape index (κ3) is 1.71. The Labute approximate surface area is 75.7 Å². The SMILES string of the molecule is [Nd][O]c1ccccc1. The standard InChI is InChI=1S/C6H6O.Nd/c7-6-4-2-1-3-5-6;/h1-5,7H;/q;+1/p-1. The molecule has 0 aliphatic carbocycles. The number of hydrogen-bond donors (Lipinski definition) is 0. The zero-order valence-corrected chi connectivity index (χ0v) is 7.50. The van der Waals surface area contributed by atoms with Crippen molar-refractivity contribution in [3.63, 3.8) is 0 Å². The minimum atomic E-state index is 0.777. The van der Waals surface area contributed by atoms with Crippen LogP contribution in [0.3, 0.4) is 0 Å². The fourth-order valence-corrected chi connectivity index (χ4v) is 0.925. The zero-order chi connectivity index (χ0) is 5.82. The molecule has 1 aromatic rings. The molecule has 0 bridgehead atoms. The molecular weight excluding hydrogens is 232 g/mol. The summed E-state index contributed by atoms with van der Waals surface area (Å²) in [5.74, 6) is 0.971. The Kier molecular flexibility index (Phi) is 2.76. The van der Waals surface area contributed by atoms with Crippen LogP contribution in [0.2, 0.25) is 0 Å². The van der Waals surface area contributed by atoms with E-state index in [0.29, 0.717) is 0 Å². The van der Waals surface area contributed by atoms with Crippen LogP contribution in [0.5, 0.6) is 5.75 Å². The molecule has 1 aromatic carbocycles. The average molecular weight is 237 g/mol. The van der Waals surface area contributed by atoms with E-state index < -0.39 is 0 Å². The van der Waals surface area contributed by atoms with Gasteiger partial charge in [-0.25, -0.2) is 0 Å². The van der Waals surface area contributed by atoms with Crippen LogP contribution >= 0.6 is 0 Å². The van der Waals surface area contributed by atoms with E-state index in [-0.39, 0.29) is 0 Å². The van der Waals surface area contributed by atoms with Crippen LogP contribution in [0, 0.1) is 39.4 Å². The van der Waals surface area contributed by atoms with E-state index in [2.05, 4.69) is 0 Å². The van der Waals surface area contributed by atoms with Gasteiger partial charge in [-0.05, 0) is 0 Å². The molecule has 0 aromatic heterocycles. The minimum absolute atomic E-state index is 0.777. The van der Waals surface area contributed by atoms with Gasteiger partial charge in [0.05, 0.1) is 0 Å². The van der Waals surface area contributed by atoms with Crippen LogP contribution in [0.1, 0.15) is 0 Å². The van der Waals surface area contributed by atoms with E-state index >= 15 is 0 Å². The molecule has 0 fully saturated rings. The first-order valence-corrected chi connectivity index (χ1v) is 3.63. The summed E-state index contributed by atoms with van der Waals surface area (Å²) < 4.78 is 5.05. The van der Waals surface area contributed by atoms with Crippen molar-refractivity contribution in [2.24, 2.45) is 0 Å². The Balaban J connectivity index is 2.83. The van der Waals surface area contributed by atoms with Gasteiger partial charge in [-0.1, -0.05) is 0 Å². The molecule has 0 aliphatic heterocycles. The van der Waals surface area contributed by atoms with Crippen LogP contribution < -0.4 is 1.06 Å². The normalized spacial score (nSPS) is 8.38. The van der Waals surface area contributed by atoms with E-state index in [1.807, 2.05) is 30.3 Å². The van der Waals surface area contributed by atoms with Gasteiger partial charge in [0.15, 0.2) is 0 Å². The first-order valence-electron chi connectivity index (χ1n) is 2.32. The molecule has 0 spiro atoms. The summed E-state index contributed by atoms with van der Waals surface area (Å²) in [5.41, 5.74) is 0. The number of benzene rings is 1. The van der Waals surface area contributed by atoms with E-state index in [9.17, 15) is 0 Å². The van der Waals surface area contributed by atoms with Crippen LogP contribution in [-0.2, 0) is 0 Å². The van der Waals surface area contributed by atoms with Crippen molar-refractivity contribution < 1.29 is 40.4 Å². The van der Waals surface area contributed by atoms with E-state index in [1.165, 1.54) is 0 Å². The molecule has 0 saturated heterocycles. The Morgan fingerprint density at radius 1 is 1.12 bits per heavy atom. The Bertz CT molecular complexity index is 150. The summed E-state index contributed by atoms with van der Waals surface area (Å²) in [7, 11) is 0. The van der Waals surface area contributed by atoms with Crippen molar-refractivity contribution in [1.29, 1.82) is 0 Å². The van der Waals surface area contributed by atoms with Crippen molar-refractivity contribution >= 4 is 0 Å². The van der Waals surface area contributed by atoms with Gasteiger partial charge in [-0.3, -0.25) is 0 Å². The van der Waals surface area contributed by atoms with Gasteiger partial charge >= 0.3 is 76.5 Å². The van der Waals surface area contributed by atoms with Gasteiger partial charge in [0.2, 0.25) is 0 Å². The second-order valence-corrected chi connectivity index (χ2v) is 2.07. The maximum absolute atomic E-state index is 5.05. The Hall–Kier alpha value is 0.371. The monoisotopic (exact) mass is 235 g/mol. The molecule has 1 rings (SSSR count). The molecule has 0 atom stereocenters. The first kappa shape index (κ1) is 6.49. The van der Waals surface area contributed by atoms with Gasteiger partial charge in [0.25, 0.3) is 0 Å². The Morgan fingerprint density at radius 2 is 1.75 bits per heavy atom. The van der Waals surface area contributed by atoms with E-state index in [4.69, 9.17) is 1.06 Å². The van der Waals surface area contributed by atoms with Crippen molar-refractivity contribution in [1.82, 2.24) is 0 Å². The predicted octanol–water partition coefficient (Wildman–Crippen LogP) is 1.53. The molecule has 0 saturated carbocycles. The van der Waals surface area contributed by atoms with Crippen LogP contribution in [-0.4, -0.2) is 0 Å². The Morgan fingerprint density at radius 3 is 2.12 bits per heavy atom. The summed E-state index contributed by atoms with van der Waals surface area (Å²) >= 11 is 0.777. The van der Waals surface area contributed by atoms with Gasteiger partial charge in [-0.2, -0.15) is 0 Å². The third-order valence-electron chi connectivity index (χ3n) is 0.861. The number of rotatable bonds is 1. The first-order chi connectivity index (χ1) is 3.93. The predicted molar refractivity (Wildman–Crippen MR) is 27.1 cm³/mol. The zero-order valence-electron chi connectivity index (χ0n) is 4.29. The molecule has 1 nitrogen and oxygen atoms in total. The number of hydrogen-bond acceptors (Lipinski definition) is 1. The molecule has 39 valence electrons. The maximum atomic E-state index is 5.05. The molecule has 0 amide bonds. The van der Waals surface area contributed by atoms with Gasteiger partial charge in [0.1, 0.15) is 0 Å². The molecule has 0 heterocycles. The van der Waals surface area contributed by atoms with Crippen molar-refractivity contribution in [2.75, 3.05) is 0 Å². The third-order valence-corrected chi connectivity index (χ3v) is 1.62. The molecule has 0 N–H and O–H groups in total. The van der Waals surface area contributed by atoms with Gasteiger partial charge in [-0.15, -0.1) is 0 Å². The summed E-state index contributed by atoms with van der Waals surface area (Å²) in [6.45, 7) is 0. The second-order valence-electron chi connectivity index (χ2n) is 1.42. The summed E-state index contributed by atoms with van der Waals surface area (Å²) in [4.78, 5) is 0. The molecule has 2 heteroatoms. The summed E-state index contributed by atoms with van der Waals surface area (Å²) in [5, 5.41) is 0.